The van der Waals surface area contributed by atoms with E-state index in [1.807, 2.05) is 72.8 Å². The lowest BCUT2D eigenvalue weighted by Crippen LogP contribution is -2.60. The van der Waals surface area contributed by atoms with E-state index in [4.69, 9.17) is 18.9 Å². The van der Waals surface area contributed by atoms with Gasteiger partial charge in [0.1, 0.15) is 34.0 Å². The van der Waals surface area contributed by atoms with Gasteiger partial charge >= 0.3 is 0 Å². The molecule has 2 N–H and O–H groups in total. The Kier molecular flexibility index (Phi) is 6.89. The molecule has 1 unspecified atom stereocenters. The number of ketones is 3. The van der Waals surface area contributed by atoms with E-state index in [-0.39, 0.29) is 23.0 Å². The van der Waals surface area contributed by atoms with Crippen molar-refractivity contribution < 1.29 is 33.3 Å². The van der Waals surface area contributed by atoms with E-state index in [2.05, 4.69) is 10.6 Å². The SMILES string of the molecule is COc1cc(NC2=C([C@]34C(=O)c5ccccc5C3[C@]3(Cc5ccccc5C3=O)Nc3cc(OC)cc(OC)c34)c3ccccc3C2=O)cc(OC)c1. The number of ether oxygens (including phenoxy) is 4. The van der Waals surface area contributed by atoms with Crippen molar-refractivity contribution in [2.24, 2.45) is 0 Å². The molecule has 1 spiro atoms. The predicted octanol–water partition coefficient (Wildman–Crippen LogP) is 7.26. The maximum Gasteiger partial charge on any atom is 0.210 e. The highest BCUT2D eigenvalue weighted by molar-refractivity contribution is 6.31. The van der Waals surface area contributed by atoms with Crippen LogP contribution in [0.4, 0.5) is 11.4 Å². The number of rotatable bonds is 7. The zero-order valence-corrected chi connectivity index (χ0v) is 29.0. The van der Waals surface area contributed by atoms with Crippen LogP contribution in [0.25, 0.3) is 5.57 Å². The van der Waals surface area contributed by atoms with Crippen LogP contribution in [0.15, 0.2) is 109 Å². The molecule has 9 rings (SSSR count). The molecule has 5 aromatic rings. The highest BCUT2D eigenvalue weighted by Gasteiger charge is 2.71. The standard InChI is InChI=1S/C43H34N2O7/c1-49-25-17-24(18-26(19-25)50-2)44-37-35(29-13-7-8-14-30(29)38(37)46)43-36-33(20-27(51-3)21-34(36)52-4)45-42(22-23-11-5-6-12-28(23)40(42)47)39(43)31-15-9-10-16-32(31)41(43)48/h5-21,39,45H,22H2,1-4H3,(H,44,46)/t39?,42-,43+/m0/s1. The van der Waals surface area contributed by atoms with Crippen LogP contribution in [0.2, 0.25) is 0 Å². The average Bonchev–Trinajstić information content (AvgIpc) is 3.73. The van der Waals surface area contributed by atoms with Crippen LogP contribution in [0.5, 0.6) is 23.0 Å². The molecule has 9 nitrogen and oxygen atoms in total. The number of Topliss-reactive ketones (excluding diaryl/α,β-unsaturated/α-hetero) is 3. The molecule has 1 heterocycles. The molecular weight excluding hydrogens is 656 g/mol. The number of carbonyl (C=O) groups excluding carboxylic acids is 3. The Bertz CT molecular complexity index is 2410. The van der Waals surface area contributed by atoms with Crippen molar-refractivity contribution in [3.05, 3.63) is 148 Å². The fourth-order valence-electron chi connectivity index (χ4n) is 9.18. The molecule has 3 aliphatic carbocycles. The number of allylic oxidation sites excluding steroid dienone is 2. The Morgan fingerprint density at radius 2 is 1.27 bits per heavy atom. The molecule has 0 amide bonds. The van der Waals surface area contributed by atoms with Crippen LogP contribution in [-0.4, -0.2) is 51.3 Å². The third kappa shape index (κ3) is 4.01. The lowest BCUT2D eigenvalue weighted by Gasteiger charge is -2.51. The summed E-state index contributed by atoms with van der Waals surface area (Å²) < 4.78 is 23.0. The van der Waals surface area contributed by atoms with Gasteiger partial charge in [-0.1, -0.05) is 72.8 Å². The van der Waals surface area contributed by atoms with E-state index in [0.29, 0.717) is 74.2 Å². The molecule has 0 saturated carbocycles. The molecule has 4 aliphatic rings. The molecule has 3 atom stereocenters. The lowest BCUT2D eigenvalue weighted by atomic mass is 9.54. The third-order valence-corrected chi connectivity index (χ3v) is 11.2. The van der Waals surface area contributed by atoms with E-state index in [9.17, 15) is 4.79 Å². The summed E-state index contributed by atoms with van der Waals surface area (Å²) in [4.78, 5) is 45.9. The number of hydrogen-bond acceptors (Lipinski definition) is 9. The van der Waals surface area contributed by atoms with Gasteiger partial charge in [-0.2, -0.15) is 0 Å². The van der Waals surface area contributed by atoms with Crippen molar-refractivity contribution in [3.8, 4) is 23.0 Å². The summed E-state index contributed by atoms with van der Waals surface area (Å²) >= 11 is 0. The van der Waals surface area contributed by atoms with Crippen LogP contribution in [0.3, 0.4) is 0 Å². The molecule has 5 aromatic carbocycles. The molecule has 1 aliphatic heterocycles. The molecule has 0 aromatic heterocycles. The summed E-state index contributed by atoms with van der Waals surface area (Å²) in [6.07, 6.45) is 0.313. The first-order chi connectivity index (χ1) is 25.3. The van der Waals surface area contributed by atoms with E-state index in [1.54, 1.807) is 58.8 Å². The minimum Gasteiger partial charge on any atom is -0.497 e. The van der Waals surface area contributed by atoms with Crippen LogP contribution in [0.1, 0.15) is 59.2 Å². The number of methoxy groups -OCH3 is 4. The second kappa shape index (κ2) is 11.3. The average molecular weight is 691 g/mol. The van der Waals surface area contributed by atoms with E-state index in [0.717, 1.165) is 11.1 Å². The van der Waals surface area contributed by atoms with Gasteiger partial charge in [-0.25, -0.2) is 0 Å². The molecule has 0 fully saturated rings. The summed E-state index contributed by atoms with van der Waals surface area (Å²) in [6, 6.07) is 31.2. The number of benzene rings is 5. The summed E-state index contributed by atoms with van der Waals surface area (Å²) in [6.45, 7) is 0. The topological polar surface area (TPSA) is 112 Å². The fraction of sp³-hybridized carbons (Fsp3) is 0.186. The number of carbonyl (C=O) groups is 3. The van der Waals surface area contributed by atoms with Gasteiger partial charge in [0.2, 0.25) is 5.78 Å². The second-order valence-corrected chi connectivity index (χ2v) is 13.5. The minimum absolute atomic E-state index is 0.125. The molecule has 258 valence electrons. The quantitative estimate of drug-likeness (QED) is 0.182. The van der Waals surface area contributed by atoms with Crippen LogP contribution in [-0.2, 0) is 11.8 Å². The first-order valence-corrected chi connectivity index (χ1v) is 17.0. The summed E-state index contributed by atoms with van der Waals surface area (Å²) in [5.41, 5.74) is 3.00. The van der Waals surface area contributed by atoms with Crippen LogP contribution >= 0.6 is 0 Å². The molecule has 52 heavy (non-hydrogen) atoms. The Morgan fingerprint density at radius 3 is 1.94 bits per heavy atom. The van der Waals surface area contributed by atoms with Crippen LogP contribution < -0.4 is 29.6 Å². The molecule has 0 bridgehead atoms. The van der Waals surface area contributed by atoms with Gasteiger partial charge in [0.25, 0.3) is 0 Å². The zero-order chi connectivity index (χ0) is 35.9. The highest BCUT2D eigenvalue weighted by atomic mass is 16.5. The van der Waals surface area contributed by atoms with Gasteiger partial charge < -0.3 is 29.6 Å². The van der Waals surface area contributed by atoms with Crippen molar-refractivity contribution in [1.29, 1.82) is 0 Å². The summed E-state index contributed by atoms with van der Waals surface area (Å²) in [5.74, 6) is 0.456. The Balaban J connectivity index is 1.44. The van der Waals surface area contributed by atoms with Crippen molar-refractivity contribution in [1.82, 2.24) is 0 Å². The van der Waals surface area contributed by atoms with Gasteiger partial charge in [0.15, 0.2) is 11.6 Å². The highest BCUT2D eigenvalue weighted by Crippen LogP contribution is 2.69. The van der Waals surface area contributed by atoms with Gasteiger partial charge in [-0.3, -0.25) is 14.4 Å². The summed E-state index contributed by atoms with van der Waals surface area (Å²) in [5, 5.41) is 7.14. The Morgan fingerprint density at radius 1 is 0.654 bits per heavy atom. The predicted molar refractivity (Wildman–Crippen MR) is 196 cm³/mol. The van der Waals surface area contributed by atoms with Gasteiger partial charge in [0, 0.05) is 81.9 Å². The van der Waals surface area contributed by atoms with Crippen molar-refractivity contribution in [2.45, 2.75) is 23.3 Å². The third-order valence-electron chi connectivity index (χ3n) is 11.2. The van der Waals surface area contributed by atoms with E-state index < -0.39 is 16.9 Å². The van der Waals surface area contributed by atoms with Gasteiger partial charge in [-0.05, 0) is 16.7 Å². The van der Waals surface area contributed by atoms with E-state index >= 15 is 9.59 Å². The monoisotopic (exact) mass is 690 g/mol. The van der Waals surface area contributed by atoms with Crippen LogP contribution in [0, 0.1) is 0 Å². The zero-order valence-electron chi connectivity index (χ0n) is 29.0. The van der Waals surface area contributed by atoms with Crippen molar-refractivity contribution >= 4 is 34.3 Å². The number of nitrogens with one attached hydrogen (secondary N) is 2. The minimum atomic E-state index is -1.63. The largest absolute Gasteiger partial charge is 0.497 e. The lowest BCUT2D eigenvalue weighted by molar-refractivity contribution is 0.0829. The Hall–Kier alpha value is -6.35. The molecule has 9 heteroatoms. The maximum absolute atomic E-state index is 15.9. The van der Waals surface area contributed by atoms with E-state index in [1.165, 1.54) is 0 Å². The number of fused-ring (bicyclic) bond motifs is 8. The number of hydrogen-bond donors (Lipinski definition) is 2. The molecule has 0 saturated heterocycles. The van der Waals surface area contributed by atoms with Crippen molar-refractivity contribution in [3.63, 3.8) is 0 Å². The summed E-state index contributed by atoms with van der Waals surface area (Å²) in [7, 11) is 6.22. The Labute approximate surface area is 300 Å². The molecular formula is C43H34N2O7. The van der Waals surface area contributed by atoms with Gasteiger partial charge in [0.05, 0.1) is 34.1 Å². The fourth-order valence-corrected chi connectivity index (χ4v) is 9.18. The first kappa shape index (κ1) is 31.6. The number of anilines is 2. The maximum atomic E-state index is 15.9. The second-order valence-electron chi connectivity index (χ2n) is 13.5. The normalized spacial score (nSPS) is 21.9. The van der Waals surface area contributed by atoms with Crippen molar-refractivity contribution in [2.75, 3.05) is 39.1 Å². The van der Waals surface area contributed by atoms with Gasteiger partial charge in [-0.15, -0.1) is 0 Å². The first-order valence-electron chi connectivity index (χ1n) is 17.0. The smallest absolute Gasteiger partial charge is 0.210 e. The molecule has 0 radical (unpaired) electrons.